The minimum atomic E-state index is -0.138. The minimum absolute atomic E-state index is 0. The van der Waals surface area contributed by atoms with Gasteiger partial charge in [-0.1, -0.05) is 25.0 Å². The van der Waals surface area contributed by atoms with E-state index < -0.39 is 0 Å². The normalized spacial score (nSPS) is 18.2. The molecule has 0 amide bonds. The molecule has 1 fully saturated rings. The van der Waals surface area contributed by atoms with Gasteiger partial charge in [0.25, 0.3) is 0 Å². The van der Waals surface area contributed by atoms with Gasteiger partial charge in [-0.05, 0) is 42.9 Å². The number of nitrogens with two attached hydrogens (primary N) is 1. The third kappa shape index (κ3) is 2.74. The maximum absolute atomic E-state index is 13.4. The third-order valence-electron chi connectivity index (χ3n) is 3.49. The van der Waals surface area contributed by atoms with Crippen molar-refractivity contribution in [2.45, 2.75) is 38.6 Å². The second-order valence-corrected chi connectivity index (χ2v) is 4.58. The Morgan fingerprint density at radius 1 is 1.31 bits per heavy atom. The van der Waals surface area contributed by atoms with E-state index in [9.17, 15) is 4.39 Å². The van der Waals surface area contributed by atoms with Gasteiger partial charge in [-0.3, -0.25) is 0 Å². The number of aryl methyl sites for hydroxylation is 1. The number of hydrogen-bond acceptors (Lipinski definition) is 1. The van der Waals surface area contributed by atoms with Crippen molar-refractivity contribution in [1.29, 1.82) is 0 Å². The predicted molar refractivity (Wildman–Crippen MR) is 67.3 cm³/mol. The zero-order chi connectivity index (χ0) is 10.8. The van der Waals surface area contributed by atoms with Crippen LogP contribution in [0.25, 0.3) is 0 Å². The Bertz CT molecular complexity index is 348. The molecule has 1 aromatic rings. The van der Waals surface area contributed by atoms with E-state index in [1.165, 1.54) is 25.7 Å². The molecule has 2 rings (SSSR count). The van der Waals surface area contributed by atoms with Crippen LogP contribution in [-0.2, 0) is 0 Å². The average Bonchev–Trinajstić information content (AvgIpc) is 2.74. The van der Waals surface area contributed by atoms with Crippen LogP contribution < -0.4 is 5.73 Å². The zero-order valence-corrected chi connectivity index (χ0v) is 10.4. The van der Waals surface area contributed by atoms with Gasteiger partial charge in [-0.25, -0.2) is 4.39 Å². The lowest BCUT2D eigenvalue weighted by Crippen LogP contribution is -2.19. The van der Waals surface area contributed by atoms with Crippen LogP contribution in [0.2, 0.25) is 0 Å². The first kappa shape index (κ1) is 13.5. The minimum Gasteiger partial charge on any atom is -0.324 e. The summed E-state index contributed by atoms with van der Waals surface area (Å²) >= 11 is 0. The highest BCUT2D eigenvalue weighted by molar-refractivity contribution is 5.85. The summed E-state index contributed by atoms with van der Waals surface area (Å²) in [5.74, 6) is 0.410. The first-order chi connectivity index (χ1) is 7.18. The summed E-state index contributed by atoms with van der Waals surface area (Å²) in [6.07, 6.45) is 4.92. The molecule has 1 nitrogen and oxygen atoms in total. The monoisotopic (exact) mass is 243 g/mol. The van der Waals surface area contributed by atoms with E-state index in [1.807, 2.05) is 12.1 Å². The van der Waals surface area contributed by atoms with Crippen molar-refractivity contribution in [3.05, 3.63) is 35.1 Å². The van der Waals surface area contributed by atoms with Crippen LogP contribution in [0.3, 0.4) is 0 Å². The Morgan fingerprint density at radius 3 is 2.50 bits per heavy atom. The SMILES string of the molecule is Cc1ccc([C@@H](N)C2CCCC2)cc1F.Cl. The first-order valence-electron chi connectivity index (χ1n) is 5.70. The fourth-order valence-electron chi connectivity index (χ4n) is 2.41. The number of hydrogen-bond donors (Lipinski definition) is 1. The molecule has 0 bridgehead atoms. The van der Waals surface area contributed by atoms with Gasteiger partial charge in [0.15, 0.2) is 0 Å². The maximum Gasteiger partial charge on any atom is 0.126 e. The molecule has 16 heavy (non-hydrogen) atoms. The van der Waals surface area contributed by atoms with Crippen molar-refractivity contribution in [1.82, 2.24) is 0 Å². The molecule has 0 aliphatic heterocycles. The van der Waals surface area contributed by atoms with Crippen molar-refractivity contribution in [2.75, 3.05) is 0 Å². The van der Waals surface area contributed by atoms with Crippen molar-refractivity contribution in [3.63, 3.8) is 0 Å². The summed E-state index contributed by atoms with van der Waals surface area (Å²) in [5.41, 5.74) is 7.79. The standard InChI is InChI=1S/C13H18FN.ClH/c1-9-6-7-11(8-12(9)14)13(15)10-4-2-3-5-10;/h6-8,10,13H,2-5,15H2,1H3;1H/t13-;/m0./s1. The van der Waals surface area contributed by atoms with Gasteiger partial charge in [-0.2, -0.15) is 0 Å². The van der Waals surface area contributed by atoms with Gasteiger partial charge in [0.2, 0.25) is 0 Å². The molecule has 0 radical (unpaired) electrons. The Labute approximate surface area is 103 Å². The first-order valence-corrected chi connectivity index (χ1v) is 5.70. The van der Waals surface area contributed by atoms with Crippen LogP contribution >= 0.6 is 12.4 Å². The Kier molecular flexibility index (Phi) is 4.75. The molecular weight excluding hydrogens is 225 g/mol. The average molecular weight is 244 g/mol. The molecule has 2 N–H and O–H groups in total. The van der Waals surface area contributed by atoms with Crippen molar-refractivity contribution >= 4 is 12.4 Å². The summed E-state index contributed by atoms with van der Waals surface area (Å²) < 4.78 is 13.4. The van der Waals surface area contributed by atoms with E-state index in [0.717, 1.165) is 5.56 Å². The van der Waals surface area contributed by atoms with Crippen molar-refractivity contribution < 1.29 is 4.39 Å². The molecule has 1 aromatic carbocycles. The van der Waals surface area contributed by atoms with E-state index >= 15 is 0 Å². The quantitative estimate of drug-likeness (QED) is 0.841. The molecule has 1 aliphatic carbocycles. The van der Waals surface area contributed by atoms with Crippen molar-refractivity contribution in [3.8, 4) is 0 Å². The zero-order valence-electron chi connectivity index (χ0n) is 9.58. The number of halogens is 2. The summed E-state index contributed by atoms with van der Waals surface area (Å²) in [7, 11) is 0. The van der Waals surface area contributed by atoms with Crippen LogP contribution in [0.15, 0.2) is 18.2 Å². The highest BCUT2D eigenvalue weighted by atomic mass is 35.5. The van der Waals surface area contributed by atoms with E-state index in [0.29, 0.717) is 11.5 Å². The molecular formula is C13H19ClFN. The molecule has 1 atom stereocenters. The van der Waals surface area contributed by atoms with E-state index in [-0.39, 0.29) is 24.3 Å². The molecule has 1 aliphatic rings. The van der Waals surface area contributed by atoms with Gasteiger partial charge < -0.3 is 5.73 Å². The topological polar surface area (TPSA) is 26.0 Å². The van der Waals surface area contributed by atoms with Gasteiger partial charge >= 0.3 is 0 Å². The fourth-order valence-corrected chi connectivity index (χ4v) is 2.41. The highest BCUT2D eigenvalue weighted by Crippen LogP contribution is 2.34. The van der Waals surface area contributed by atoms with E-state index in [2.05, 4.69) is 0 Å². The van der Waals surface area contributed by atoms with Crippen molar-refractivity contribution in [2.24, 2.45) is 11.7 Å². The van der Waals surface area contributed by atoms with Crippen LogP contribution in [0.5, 0.6) is 0 Å². The molecule has 0 saturated heterocycles. The van der Waals surface area contributed by atoms with E-state index in [1.54, 1.807) is 13.0 Å². The van der Waals surface area contributed by atoms with Crippen LogP contribution in [-0.4, -0.2) is 0 Å². The largest absolute Gasteiger partial charge is 0.324 e. The summed E-state index contributed by atoms with van der Waals surface area (Å²) in [4.78, 5) is 0. The maximum atomic E-state index is 13.4. The number of rotatable bonds is 2. The Hall–Kier alpha value is -0.600. The smallest absolute Gasteiger partial charge is 0.126 e. The van der Waals surface area contributed by atoms with E-state index in [4.69, 9.17) is 5.73 Å². The van der Waals surface area contributed by atoms with Crippen LogP contribution in [0.1, 0.15) is 42.9 Å². The second-order valence-electron chi connectivity index (χ2n) is 4.58. The fraction of sp³-hybridized carbons (Fsp3) is 0.538. The molecule has 1 saturated carbocycles. The lowest BCUT2D eigenvalue weighted by molar-refractivity contribution is 0.443. The summed E-state index contributed by atoms with van der Waals surface area (Å²) in [6.45, 7) is 1.78. The second kappa shape index (κ2) is 5.65. The molecule has 0 aromatic heterocycles. The summed E-state index contributed by atoms with van der Waals surface area (Å²) in [5, 5.41) is 0. The Morgan fingerprint density at radius 2 is 1.94 bits per heavy atom. The summed E-state index contributed by atoms with van der Waals surface area (Å²) in [6, 6.07) is 5.39. The van der Waals surface area contributed by atoms with Crippen LogP contribution in [0.4, 0.5) is 4.39 Å². The van der Waals surface area contributed by atoms with Gasteiger partial charge in [0.05, 0.1) is 0 Å². The third-order valence-corrected chi connectivity index (χ3v) is 3.49. The molecule has 0 unspecified atom stereocenters. The molecule has 3 heteroatoms. The van der Waals surface area contributed by atoms with Crippen LogP contribution in [0, 0.1) is 18.7 Å². The number of benzene rings is 1. The van der Waals surface area contributed by atoms with Gasteiger partial charge in [0.1, 0.15) is 5.82 Å². The van der Waals surface area contributed by atoms with Gasteiger partial charge in [-0.15, -0.1) is 12.4 Å². The molecule has 0 spiro atoms. The molecule has 0 heterocycles. The lowest BCUT2D eigenvalue weighted by Gasteiger charge is -2.19. The molecule has 90 valence electrons. The lowest BCUT2D eigenvalue weighted by atomic mass is 9.92. The predicted octanol–water partition coefficient (Wildman–Crippen LogP) is 3.75. The Balaban J connectivity index is 0.00000128. The van der Waals surface area contributed by atoms with Gasteiger partial charge in [0, 0.05) is 6.04 Å². The highest BCUT2D eigenvalue weighted by Gasteiger charge is 2.23.